The van der Waals surface area contributed by atoms with Crippen molar-refractivity contribution in [3.63, 3.8) is 0 Å². The van der Waals surface area contributed by atoms with E-state index in [0.29, 0.717) is 12.5 Å². The van der Waals surface area contributed by atoms with Crippen molar-refractivity contribution in [1.29, 1.82) is 0 Å². The Morgan fingerprint density at radius 1 is 1.55 bits per heavy atom. The zero-order chi connectivity index (χ0) is 8.85. The minimum atomic E-state index is -0.188. The van der Waals surface area contributed by atoms with Crippen molar-refractivity contribution in [2.24, 2.45) is 5.92 Å². The first-order valence-corrected chi connectivity index (χ1v) is 4.80. The van der Waals surface area contributed by atoms with Gasteiger partial charge in [-0.05, 0) is 12.8 Å². The molecule has 0 fully saturated rings. The van der Waals surface area contributed by atoms with Crippen LogP contribution < -0.4 is 0 Å². The van der Waals surface area contributed by atoms with Gasteiger partial charge in [0.1, 0.15) is 4.83 Å². The van der Waals surface area contributed by atoms with E-state index in [0.717, 1.165) is 6.42 Å². The summed E-state index contributed by atoms with van der Waals surface area (Å²) in [4.78, 5) is 10.7. The molecule has 2 atom stereocenters. The fourth-order valence-corrected chi connectivity index (χ4v) is 0.589. The molecule has 0 aliphatic heterocycles. The molecule has 0 heterocycles. The van der Waals surface area contributed by atoms with Crippen molar-refractivity contribution in [1.82, 2.24) is 0 Å². The first kappa shape index (κ1) is 11.0. The monoisotopic (exact) mass is 222 g/mol. The van der Waals surface area contributed by atoms with E-state index in [1.165, 1.54) is 0 Å². The van der Waals surface area contributed by atoms with Crippen molar-refractivity contribution in [2.75, 3.05) is 6.61 Å². The molecule has 0 saturated carbocycles. The molecule has 0 rings (SSSR count). The van der Waals surface area contributed by atoms with Crippen LogP contribution in [0.3, 0.4) is 0 Å². The maximum atomic E-state index is 10.9. The third-order valence-corrected chi connectivity index (χ3v) is 1.91. The van der Waals surface area contributed by atoms with Gasteiger partial charge in [0.2, 0.25) is 0 Å². The van der Waals surface area contributed by atoms with E-state index in [-0.39, 0.29) is 10.8 Å². The molecule has 2 nitrogen and oxygen atoms in total. The maximum Gasteiger partial charge on any atom is 0.319 e. The van der Waals surface area contributed by atoms with Crippen LogP contribution in [0.1, 0.15) is 27.2 Å². The summed E-state index contributed by atoms with van der Waals surface area (Å²) in [5.74, 6) is 0.288. The molecule has 66 valence electrons. The van der Waals surface area contributed by atoms with Gasteiger partial charge in [-0.15, -0.1) is 0 Å². The van der Waals surface area contributed by atoms with Gasteiger partial charge in [-0.3, -0.25) is 4.79 Å². The van der Waals surface area contributed by atoms with Gasteiger partial charge < -0.3 is 4.74 Å². The molecule has 0 aromatic heterocycles. The largest absolute Gasteiger partial charge is 0.465 e. The summed E-state index contributed by atoms with van der Waals surface area (Å²) in [5.41, 5.74) is 0. The molecule has 3 heteroatoms. The van der Waals surface area contributed by atoms with E-state index in [2.05, 4.69) is 29.8 Å². The average molecular weight is 223 g/mol. The third-order valence-electron chi connectivity index (χ3n) is 1.53. The minimum absolute atomic E-state index is 0.176. The Hall–Kier alpha value is -0.0500. The fraction of sp³-hybridized carbons (Fsp3) is 0.875. The van der Waals surface area contributed by atoms with Crippen molar-refractivity contribution in [3.05, 3.63) is 0 Å². The molecular formula is C8H15BrO2. The van der Waals surface area contributed by atoms with Crippen LogP contribution in [0.25, 0.3) is 0 Å². The van der Waals surface area contributed by atoms with Gasteiger partial charge in [-0.1, -0.05) is 36.2 Å². The second-order valence-corrected chi connectivity index (χ2v) is 4.13. The van der Waals surface area contributed by atoms with E-state index < -0.39 is 0 Å². The molecule has 0 aromatic rings. The highest BCUT2D eigenvalue weighted by Crippen LogP contribution is 2.04. The summed E-state index contributed by atoms with van der Waals surface area (Å²) in [6.45, 7) is 6.44. The Labute approximate surface area is 76.4 Å². The number of hydrogen-bond acceptors (Lipinski definition) is 2. The third kappa shape index (κ3) is 5.24. The van der Waals surface area contributed by atoms with Crippen LogP contribution in [0.15, 0.2) is 0 Å². The Kier molecular flexibility index (Phi) is 5.56. The standard InChI is InChI=1S/C8H15BrO2/c1-4-6(2)5-11-8(10)7(3)9/h6-7H,4-5H2,1-3H3. The summed E-state index contributed by atoms with van der Waals surface area (Å²) < 4.78 is 4.97. The van der Waals surface area contributed by atoms with Gasteiger partial charge in [-0.2, -0.15) is 0 Å². The predicted molar refractivity (Wildman–Crippen MR) is 48.8 cm³/mol. The van der Waals surface area contributed by atoms with Crippen LogP contribution in [-0.2, 0) is 9.53 Å². The number of rotatable bonds is 4. The second kappa shape index (κ2) is 5.58. The van der Waals surface area contributed by atoms with Gasteiger partial charge in [0.05, 0.1) is 6.61 Å². The van der Waals surface area contributed by atoms with Gasteiger partial charge in [0, 0.05) is 0 Å². The molecule has 0 aliphatic rings. The molecule has 0 bridgehead atoms. The molecule has 0 aromatic carbocycles. The smallest absolute Gasteiger partial charge is 0.319 e. The van der Waals surface area contributed by atoms with Crippen LogP contribution in [0, 0.1) is 5.92 Å². The molecule has 0 saturated heterocycles. The van der Waals surface area contributed by atoms with Gasteiger partial charge >= 0.3 is 5.97 Å². The lowest BCUT2D eigenvalue weighted by molar-refractivity contribution is -0.143. The van der Waals surface area contributed by atoms with E-state index in [9.17, 15) is 4.79 Å². The maximum absolute atomic E-state index is 10.9. The zero-order valence-electron chi connectivity index (χ0n) is 7.26. The lowest BCUT2D eigenvalue weighted by Crippen LogP contribution is -2.17. The van der Waals surface area contributed by atoms with Crippen LogP contribution in [0.5, 0.6) is 0 Å². The molecule has 0 spiro atoms. The topological polar surface area (TPSA) is 26.3 Å². The van der Waals surface area contributed by atoms with E-state index in [1.807, 2.05) is 0 Å². The van der Waals surface area contributed by atoms with E-state index in [1.54, 1.807) is 6.92 Å². The number of ether oxygens (including phenoxy) is 1. The Morgan fingerprint density at radius 2 is 2.09 bits per heavy atom. The number of carbonyl (C=O) groups is 1. The zero-order valence-corrected chi connectivity index (χ0v) is 8.85. The number of carbonyl (C=O) groups excluding carboxylic acids is 1. The molecule has 0 N–H and O–H groups in total. The van der Waals surface area contributed by atoms with Crippen molar-refractivity contribution < 1.29 is 9.53 Å². The highest BCUT2D eigenvalue weighted by atomic mass is 79.9. The SMILES string of the molecule is CCC(C)COC(=O)C(C)Br. The predicted octanol–water partition coefficient (Wildman–Crippen LogP) is 2.36. The molecule has 0 radical (unpaired) electrons. The number of esters is 1. The molecule has 2 unspecified atom stereocenters. The van der Waals surface area contributed by atoms with E-state index in [4.69, 9.17) is 4.74 Å². The van der Waals surface area contributed by atoms with Gasteiger partial charge in [-0.25, -0.2) is 0 Å². The van der Waals surface area contributed by atoms with Crippen molar-refractivity contribution in [2.45, 2.75) is 32.0 Å². The van der Waals surface area contributed by atoms with E-state index >= 15 is 0 Å². The fourth-order valence-electron chi connectivity index (χ4n) is 0.457. The summed E-state index contributed by atoms with van der Waals surface area (Å²) in [6, 6.07) is 0. The van der Waals surface area contributed by atoms with Crippen LogP contribution in [-0.4, -0.2) is 17.4 Å². The summed E-state index contributed by atoms with van der Waals surface area (Å²) in [6.07, 6.45) is 1.05. The average Bonchev–Trinajstić information content (AvgIpc) is 1.99. The Balaban J connectivity index is 3.46. The highest BCUT2D eigenvalue weighted by Gasteiger charge is 2.10. The minimum Gasteiger partial charge on any atom is -0.465 e. The number of halogens is 1. The molecule has 11 heavy (non-hydrogen) atoms. The summed E-state index contributed by atoms with van der Waals surface area (Å²) in [7, 11) is 0. The molecular weight excluding hydrogens is 208 g/mol. The quantitative estimate of drug-likeness (QED) is 0.540. The number of alkyl halides is 1. The number of hydrogen-bond donors (Lipinski definition) is 0. The van der Waals surface area contributed by atoms with Crippen LogP contribution >= 0.6 is 15.9 Å². The second-order valence-electron chi connectivity index (χ2n) is 2.76. The highest BCUT2D eigenvalue weighted by molar-refractivity contribution is 9.10. The first-order chi connectivity index (χ1) is 5.07. The summed E-state index contributed by atoms with van der Waals surface area (Å²) in [5, 5.41) is 0. The normalized spacial score (nSPS) is 15.6. The molecule has 0 aliphatic carbocycles. The Bertz CT molecular complexity index is 123. The lowest BCUT2D eigenvalue weighted by atomic mass is 10.1. The van der Waals surface area contributed by atoms with Gasteiger partial charge in [0.25, 0.3) is 0 Å². The summed E-state index contributed by atoms with van der Waals surface area (Å²) >= 11 is 3.14. The first-order valence-electron chi connectivity index (χ1n) is 3.88. The lowest BCUT2D eigenvalue weighted by Gasteiger charge is -2.10. The van der Waals surface area contributed by atoms with Crippen LogP contribution in [0.4, 0.5) is 0 Å². The van der Waals surface area contributed by atoms with Gasteiger partial charge in [0.15, 0.2) is 0 Å². The van der Waals surface area contributed by atoms with Crippen molar-refractivity contribution in [3.8, 4) is 0 Å². The Morgan fingerprint density at radius 3 is 2.45 bits per heavy atom. The van der Waals surface area contributed by atoms with Crippen molar-refractivity contribution >= 4 is 21.9 Å². The molecule has 0 amide bonds. The van der Waals surface area contributed by atoms with Crippen LogP contribution in [0.2, 0.25) is 0 Å².